The Bertz CT molecular complexity index is 765. The van der Waals surface area contributed by atoms with Crippen molar-refractivity contribution in [3.8, 4) is 0 Å². The van der Waals surface area contributed by atoms with E-state index in [-0.39, 0.29) is 4.90 Å². The molecule has 0 saturated carbocycles. The van der Waals surface area contributed by atoms with E-state index in [0.29, 0.717) is 17.9 Å². The molecule has 2 aromatic carbocycles. The molecule has 2 aromatic rings. The highest BCUT2D eigenvalue weighted by Crippen LogP contribution is 2.17. The first kappa shape index (κ1) is 17.0. The van der Waals surface area contributed by atoms with Gasteiger partial charge in [-0.2, -0.15) is 0 Å². The lowest BCUT2D eigenvalue weighted by Gasteiger charge is -2.09. The van der Waals surface area contributed by atoms with Crippen molar-refractivity contribution in [2.45, 2.75) is 25.2 Å². The largest absolute Gasteiger partial charge is 0.462 e. The monoisotopic (exact) mass is 333 g/mol. The van der Waals surface area contributed by atoms with Gasteiger partial charge in [-0.05, 0) is 49.7 Å². The highest BCUT2D eigenvalue weighted by Gasteiger charge is 2.14. The van der Waals surface area contributed by atoms with Gasteiger partial charge >= 0.3 is 5.97 Å². The number of hydrogen-bond acceptors (Lipinski definition) is 4. The Kier molecular flexibility index (Phi) is 5.39. The first-order valence-electron chi connectivity index (χ1n) is 7.29. The molecule has 0 bridgehead atoms. The van der Waals surface area contributed by atoms with Gasteiger partial charge in [0.05, 0.1) is 17.1 Å². The van der Waals surface area contributed by atoms with E-state index in [2.05, 4.69) is 4.72 Å². The van der Waals surface area contributed by atoms with Crippen LogP contribution in [0.5, 0.6) is 0 Å². The summed E-state index contributed by atoms with van der Waals surface area (Å²) in [5, 5.41) is 0. The van der Waals surface area contributed by atoms with Crippen LogP contribution in [0.15, 0.2) is 53.4 Å². The van der Waals surface area contributed by atoms with Gasteiger partial charge in [0.15, 0.2) is 0 Å². The predicted octanol–water partition coefficient (Wildman–Crippen LogP) is 3.36. The fraction of sp³-hybridized carbons (Fsp3) is 0.235. The van der Waals surface area contributed by atoms with Gasteiger partial charge in [-0.3, -0.25) is 4.72 Å². The summed E-state index contributed by atoms with van der Waals surface area (Å²) in [5.41, 5.74) is 1.76. The average molecular weight is 333 g/mol. The van der Waals surface area contributed by atoms with Crippen molar-refractivity contribution in [1.82, 2.24) is 0 Å². The molecule has 6 heteroatoms. The Morgan fingerprint density at radius 1 is 1.04 bits per heavy atom. The number of ether oxygens (including phenoxy) is 1. The van der Waals surface area contributed by atoms with Crippen molar-refractivity contribution < 1.29 is 17.9 Å². The molecule has 0 aliphatic heterocycles. The third kappa shape index (κ3) is 4.56. The second-order valence-corrected chi connectivity index (χ2v) is 6.81. The van der Waals surface area contributed by atoms with Crippen LogP contribution >= 0.6 is 0 Å². The highest BCUT2D eigenvalue weighted by atomic mass is 32.2. The smallest absolute Gasteiger partial charge is 0.338 e. The Balaban J connectivity index is 2.11. The molecule has 0 heterocycles. The Labute approximate surface area is 136 Å². The summed E-state index contributed by atoms with van der Waals surface area (Å²) in [7, 11) is -3.64. The van der Waals surface area contributed by atoms with Crippen LogP contribution in [0.25, 0.3) is 0 Å². The van der Waals surface area contributed by atoms with E-state index in [1.807, 2.05) is 13.8 Å². The van der Waals surface area contributed by atoms with Crippen molar-refractivity contribution in [2.24, 2.45) is 0 Å². The molecular weight excluding hydrogens is 314 g/mol. The van der Waals surface area contributed by atoms with E-state index >= 15 is 0 Å². The van der Waals surface area contributed by atoms with Crippen LogP contribution in [0.2, 0.25) is 0 Å². The summed E-state index contributed by atoms with van der Waals surface area (Å²) in [5.74, 6) is -0.417. The van der Waals surface area contributed by atoms with Gasteiger partial charge in [0, 0.05) is 5.69 Å². The number of aryl methyl sites for hydroxylation is 1. The number of sulfonamides is 1. The molecule has 0 unspecified atom stereocenters. The van der Waals surface area contributed by atoms with Crippen LogP contribution in [0.3, 0.4) is 0 Å². The highest BCUT2D eigenvalue weighted by molar-refractivity contribution is 7.92. The normalized spacial score (nSPS) is 11.0. The van der Waals surface area contributed by atoms with Crippen LogP contribution in [0, 0.1) is 6.92 Å². The maximum atomic E-state index is 12.3. The average Bonchev–Trinajstić information content (AvgIpc) is 2.53. The second-order valence-electron chi connectivity index (χ2n) is 5.13. The first-order chi connectivity index (χ1) is 10.9. The van der Waals surface area contributed by atoms with E-state index in [0.717, 1.165) is 12.0 Å². The number of nitrogens with one attached hydrogen (secondary N) is 1. The standard InChI is InChI=1S/C17H19NO4S/c1-3-12-22-17(19)14-6-8-15(9-7-14)18-23(20,21)16-10-4-13(2)5-11-16/h4-11,18H,3,12H2,1-2H3. The summed E-state index contributed by atoms with van der Waals surface area (Å²) in [4.78, 5) is 11.9. The van der Waals surface area contributed by atoms with Crippen LogP contribution in [0.1, 0.15) is 29.3 Å². The molecule has 0 aliphatic carbocycles. The molecule has 0 radical (unpaired) electrons. The Morgan fingerprint density at radius 2 is 1.65 bits per heavy atom. The van der Waals surface area contributed by atoms with Gasteiger partial charge in [0.1, 0.15) is 0 Å². The van der Waals surface area contributed by atoms with E-state index in [9.17, 15) is 13.2 Å². The maximum absolute atomic E-state index is 12.3. The fourth-order valence-electron chi connectivity index (χ4n) is 1.88. The topological polar surface area (TPSA) is 72.5 Å². The van der Waals surface area contributed by atoms with Crippen LogP contribution < -0.4 is 4.72 Å². The molecule has 0 aliphatic rings. The number of hydrogen-bond donors (Lipinski definition) is 1. The quantitative estimate of drug-likeness (QED) is 0.823. The van der Waals surface area contributed by atoms with Gasteiger partial charge < -0.3 is 4.74 Å². The molecular formula is C17H19NO4S. The van der Waals surface area contributed by atoms with E-state index in [1.165, 1.54) is 24.3 Å². The molecule has 23 heavy (non-hydrogen) atoms. The number of benzene rings is 2. The fourth-order valence-corrected chi connectivity index (χ4v) is 2.94. The molecule has 2 rings (SSSR count). The zero-order valence-corrected chi connectivity index (χ0v) is 13.9. The molecule has 122 valence electrons. The molecule has 0 fully saturated rings. The maximum Gasteiger partial charge on any atom is 0.338 e. The van der Waals surface area contributed by atoms with Gasteiger partial charge in [-0.25, -0.2) is 13.2 Å². The third-order valence-corrected chi connectivity index (χ3v) is 4.54. The number of carbonyl (C=O) groups is 1. The molecule has 0 saturated heterocycles. The van der Waals surface area contributed by atoms with E-state index in [4.69, 9.17) is 4.74 Å². The van der Waals surface area contributed by atoms with Gasteiger partial charge in [0.2, 0.25) is 0 Å². The zero-order valence-electron chi connectivity index (χ0n) is 13.1. The summed E-state index contributed by atoms with van der Waals surface area (Å²) in [6.45, 7) is 4.16. The number of esters is 1. The molecule has 0 spiro atoms. The van der Waals surface area contributed by atoms with E-state index in [1.54, 1.807) is 24.3 Å². The molecule has 5 nitrogen and oxygen atoms in total. The Hall–Kier alpha value is -2.34. The SMILES string of the molecule is CCCOC(=O)c1ccc(NS(=O)(=O)c2ccc(C)cc2)cc1. The predicted molar refractivity (Wildman–Crippen MR) is 89.0 cm³/mol. The van der Waals surface area contributed by atoms with Crippen LogP contribution in [0.4, 0.5) is 5.69 Å². The first-order valence-corrected chi connectivity index (χ1v) is 8.77. The summed E-state index contributed by atoms with van der Waals surface area (Å²) >= 11 is 0. The Morgan fingerprint density at radius 3 is 2.22 bits per heavy atom. The van der Waals surface area contributed by atoms with Crippen molar-refractivity contribution in [3.63, 3.8) is 0 Å². The molecule has 0 amide bonds. The lowest BCUT2D eigenvalue weighted by Crippen LogP contribution is -2.13. The van der Waals surface area contributed by atoms with Crippen LogP contribution in [-0.4, -0.2) is 21.0 Å². The summed E-state index contributed by atoms with van der Waals surface area (Å²) < 4.78 is 32.0. The van der Waals surface area contributed by atoms with Crippen LogP contribution in [-0.2, 0) is 14.8 Å². The van der Waals surface area contributed by atoms with Crippen molar-refractivity contribution in [3.05, 3.63) is 59.7 Å². The second kappa shape index (κ2) is 7.28. The van der Waals surface area contributed by atoms with E-state index < -0.39 is 16.0 Å². The van der Waals surface area contributed by atoms with Crippen molar-refractivity contribution in [2.75, 3.05) is 11.3 Å². The van der Waals surface area contributed by atoms with Gasteiger partial charge in [-0.1, -0.05) is 24.6 Å². The molecule has 0 atom stereocenters. The lowest BCUT2D eigenvalue weighted by atomic mass is 10.2. The number of anilines is 1. The number of carbonyl (C=O) groups excluding carboxylic acids is 1. The minimum atomic E-state index is -3.64. The van der Waals surface area contributed by atoms with Gasteiger partial charge in [-0.15, -0.1) is 0 Å². The summed E-state index contributed by atoms with van der Waals surface area (Å²) in [6.07, 6.45) is 0.750. The van der Waals surface area contributed by atoms with Gasteiger partial charge in [0.25, 0.3) is 10.0 Å². The lowest BCUT2D eigenvalue weighted by molar-refractivity contribution is 0.0505. The zero-order chi connectivity index (χ0) is 16.9. The number of rotatable bonds is 6. The summed E-state index contributed by atoms with van der Waals surface area (Å²) in [6, 6.07) is 12.7. The third-order valence-electron chi connectivity index (χ3n) is 3.14. The van der Waals surface area contributed by atoms with Crippen molar-refractivity contribution >= 4 is 21.7 Å². The minimum absolute atomic E-state index is 0.189. The minimum Gasteiger partial charge on any atom is -0.462 e. The molecule has 1 N–H and O–H groups in total. The molecule has 0 aromatic heterocycles. The van der Waals surface area contributed by atoms with Crippen molar-refractivity contribution in [1.29, 1.82) is 0 Å².